The second-order valence-corrected chi connectivity index (χ2v) is 14.3. The largest absolute Gasteiger partial charge is 0.467 e. The third-order valence-corrected chi connectivity index (χ3v) is 5.22. The van der Waals surface area contributed by atoms with Crippen LogP contribution in [0.1, 0.15) is 26.5 Å². The summed E-state index contributed by atoms with van der Waals surface area (Å²) < 4.78 is 17.5. The van der Waals surface area contributed by atoms with Crippen LogP contribution in [0.5, 0.6) is 0 Å². The first-order valence-electron chi connectivity index (χ1n) is 9.05. The first-order chi connectivity index (χ1) is 12.4. The number of carbonyl (C=O) groups excluding carboxylic acids is 2. The van der Waals surface area contributed by atoms with Gasteiger partial charge in [0.15, 0.2) is 0 Å². The average Bonchev–Trinajstić information content (AvgIpc) is 2.95. The van der Waals surface area contributed by atoms with Crippen LogP contribution in [-0.4, -0.2) is 55.0 Å². The molecule has 1 aromatic heterocycles. The van der Waals surface area contributed by atoms with Gasteiger partial charge in [-0.2, -0.15) is 0 Å². The van der Waals surface area contributed by atoms with Crippen molar-refractivity contribution in [3.8, 4) is 0 Å². The number of hydrogen-bond donors (Lipinski definition) is 1. The van der Waals surface area contributed by atoms with Gasteiger partial charge in [0.25, 0.3) is 0 Å². The molecule has 154 valence electrons. The minimum Gasteiger partial charge on any atom is -0.467 e. The molecule has 0 aromatic carbocycles. The average molecular weight is 400 g/mol. The van der Waals surface area contributed by atoms with E-state index >= 15 is 0 Å². The maximum Gasteiger partial charge on any atom is 0.408 e. The molecule has 0 aliphatic heterocycles. The molecule has 1 rings (SSSR count). The molecule has 8 nitrogen and oxygen atoms in total. The van der Waals surface area contributed by atoms with Crippen LogP contribution in [0, 0.1) is 0 Å². The van der Waals surface area contributed by atoms with E-state index in [2.05, 4.69) is 29.9 Å². The van der Waals surface area contributed by atoms with Crippen molar-refractivity contribution in [1.29, 1.82) is 0 Å². The fraction of sp³-hybridized carbons (Fsp3) is 0.722. The van der Waals surface area contributed by atoms with Gasteiger partial charge < -0.3 is 24.1 Å². The van der Waals surface area contributed by atoms with Gasteiger partial charge in [-0.15, -0.1) is 0 Å². The van der Waals surface area contributed by atoms with Gasteiger partial charge in [0.05, 0.1) is 19.1 Å². The van der Waals surface area contributed by atoms with E-state index in [9.17, 15) is 9.59 Å². The van der Waals surface area contributed by atoms with Crippen LogP contribution in [0.3, 0.4) is 0 Å². The van der Waals surface area contributed by atoms with E-state index in [4.69, 9.17) is 14.2 Å². The summed E-state index contributed by atoms with van der Waals surface area (Å²) in [6.45, 7) is 13.3. The molecule has 9 heteroatoms. The van der Waals surface area contributed by atoms with E-state index in [1.807, 2.05) is 0 Å². The van der Waals surface area contributed by atoms with Gasteiger partial charge in [0.2, 0.25) is 0 Å². The quantitative estimate of drug-likeness (QED) is 0.390. The Hall–Kier alpha value is -1.87. The van der Waals surface area contributed by atoms with Crippen molar-refractivity contribution in [1.82, 2.24) is 14.9 Å². The minimum absolute atomic E-state index is 0.202. The summed E-state index contributed by atoms with van der Waals surface area (Å²) in [6.07, 6.45) is 2.97. The number of hydrogen-bond acceptors (Lipinski definition) is 6. The highest BCUT2D eigenvalue weighted by Gasteiger charge is 2.26. The SMILES string of the molecule is COC(=O)[C@H](Cc1cn(COCC[Si](C)(C)C)cn1)NC(=O)OC(C)(C)C. The molecule has 0 fully saturated rings. The van der Waals surface area contributed by atoms with Crippen LogP contribution in [0.2, 0.25) is 25.7 Å². The zero-order chi connectivity index (χ0) is 20.7. The highest BCUT2D eigenvalue weighted by molar-refractivity contribution is 6.76. The minimum atomic E-state index is -1.12. The molecule has 0 unspecified atom stereocenters. The van der Waals surface area contributed by atoms with Gasteiger partial charge in [-0.25, -0.2) is 14.6 Å². The lowest BCUT2D eigenvalue weighted by Gasteiger charge is -2.22. The molecule has 0 spiro atoms. The van der Waals surface area contributed by atoms with Crippen LogP contribution in [0.4, 0.5) is 4.79 Å². The number of nitrogens with one attached hydrogen (secondary N) is 1. The van der Waals surface area contributed by atoms with Crippen LogP contribution >= 0.6 is 0 Å². The lowest BCUT2D eigenvalue weighted by Crippen LogP contribution is -2.45. The molecule has 1 aromatic rings. The fourth-order valence-electron chi connectivity index (χ4n) is 2.13. The zero-order valence-electron chi connectivity index (χ0n) is 17.5. The maximum absolute atomic E-state index is 12.0. The predicted octanol–water partition coefficient (Wildman–Crippen LogP) is 2.80. The van der Waals surface area contributed by atoms with Crippen LogP contribution < -0.4 is 5.32 Å². The van der Waals surface area contributed by atoms with Crippen molar-refractivity contribution >= 4 is 20.1 Å². The van der Waals surface area contributed by atoms with E-state index in [0.29, 0.717) is 19.0 Å². The lowest BCUT2D eigenvalue weighted by atomic mass is 10.1. The highest BCUT2D eigenvalue weighted by Crippen LogP contribution is 2.10. The molecular weight excluding hydrogens is 366 g/mol. The third-order valence-electron chi connectivity index (χ3n) is 3.51. The molecule has 0 radical (unpaired) electrons. The molecular formula is C18H33N3O5Si. The van der Waals surface area contributed by atoms with Crippen LogP contribution in [0.15, 0.2) is 12.5 Å². The van der Waals surface area contributed by atoms with E-state index in [1.54, 1.807) is 37.9 Å². The zero-order valence-corrected chi connectivity index (χ0v) is 18.5. The number of carbonyl (C=O) groups is 2. The second-order valence-electron chi connectivity index (χ2n) is 8.65. The smallest absolute Gasteiger partial charge is 0.408 e. The molecule has 1 amide bonds. The summed E-state index contributed by atoms with van der Waals surface area (Å²) in [4.78, 5) is 28.2. The molecule has 0 saturated carbocycles. The first-order valence-corrected chi connectivity index (χ1v) is 12.8. The van der Waals surface area contributed by atoms with E-state index in [-0.39, 0.29) is 6.42 Å². The molecule has 1 N–H and O–H groups in total. The monoisotopic (exact) mass is 399 g/mol. The Kier molecular flexibility index (Phi) is 8.48. The lowest BCUT2D eigenvalue weighted by molar-refractivity contribution is -0.143. The number of imidazole rings is 1. The number of aromatic nitrogens is 2. The topological polar surface area (TPSA) is 91.7 Å². The number of rotatable bonds is 9. The first kappa shape index (κ1) is 23.2. The Morgan fingerprint density at radius 3 is 2.52 bits per heavy atom. The van der Waals surface area contributed by atoms with Crippen molar-refractivity contribution < 1.29 is 23.8 Å². The molecule has 27 heavy (non-hydrogen) atoms. The Balaban J connectivity index is 2.60. The molecule has 0 bridgehead atoms. The summed E-state index contributed by atoms with van der Waals surface area (Å²) in [7, 11) is 0.160. The predicted molar refractivity (Wildman–Crippen MR) is 105 cm³/mol. The number of methoxy groups -OCH3 is 1. The summed E-state index contributed by atoms with van der Waals surface area (Å²) >= 11 is 0. The van der Waals surface area contributed by atoms with Crippen LogP contribution in [-0.2, 0) is 32.2 Å². The highest BCUT2D eigenvalue weighted by atomic mass is 28.3. The van der Waals surface area contributed by atoms with E-state index < -0.39 is 31.8 Å². The van der Waals surface area contributed by atoms with Gasteiger partial charge in [-0.3, -0.25) is 0 Å². The maximum atomic E-state index is 12.0. The molecule has 1 heterocycles. The molecule has 0 aliphatic carbocycles. The number of esters is 1. The Morgan fingerprint density at radius 1 is 1.30 bits per heavy atom. The number of ether oxygens (including phenoxy) is 3. The summed E-state index contributed by atoms with van der Waals surface area (Å²) in [5.41, 5.74) is -0.00481. The Morgan fingerprint density at radius 2 is 1.96 bits per heavy atom. The summed E-state index contributed by atoms with van der Waals surface area (Å²) in [5, 5.41) is 2.54. The van der Waals surface area contributed by atoms with Gasteiger partial charge in [0.1, 0.15) is 18.4 Å². The van der Waals surface area contributed by atoms with Crippen molar-refractivity contribution in [2.75, 3.05) is 13.7 Å². The fourth-order valence-corrected chi connectivity index (χ4v) is 2.88. The van der Waals surface area contributed by atoms with Crippen molar-refractivity contribution in [3.63, 3.8) is 0 Å². The summed E-state index contributed by atoms with van der Waals surface area (Å²) in [6, 6.07) is 0.222. The Bertz CT molecular complexity index is 619. The molecule has 0 aliphatic rings. The van der Waals surface area contributed by atoms with Crippen molar-refractivity contribution in [3.05, 3.63) is 18.2 Å². The van der Waals surface area contributed by atoms with Crippen LogP contribution in [0.25, 0.3) is 0 Å². The third kappa shape index (κ3) is 10.1. The normalized spacial score (nSPS) is 13.1. The van der Waals surface area contributed by atoms with Crippen molar-refractivity contribution in [2.45, 2.75) is 71.3 Å². The van der Waals surface area contributed by atoms with E-state index in [1.165, 1.54) is 7.11 Å². The standard InChI is InChI=1S/C18H33N3O5Si/c1-18(2,3)26-17(23)20-15(16(22)24-4)10-14-11-21(12-19-14)13-25-8-9-27(5,6)7/h11-12,15H,8-10,13H2,1-7H3,(H,20,23)/t15-/m0/s1. The van der Waals surface area contributed by atoms with Crippen molar-refractivity contribution in [2.24, 2.45) is 0 Å². The molecule has 0 saturated heterocycles. The summed E-state index contributed by atoms with van der Waals surface area (Å²) in [5.74, 6) is -0.554. The number of amides is 1. The second kappa shape index (κ2) is 9.89. The van der Waals surface area contributed by atoms with Gasteiger partial charge in [-0.05, 0) is 26.8 Å². The van der Waals surface area contributed by atoms with Gasteiger partial charge >= 0.3 is 12.1 Å². The van der Waals surface area contributed by atoms with E-state index in [0.717, 1.165) is 6.04 Å². The number of nitrogens with zero attached hydrogens (tertiary/aromatic N) is 2. The van der Waals surface area contributed by atoms with Gasteiger partial charge in [0, 0.05) is 27.3 Å². The Labute approximate surface area is 162 Å². The van der Waals surface area contributed by atoms with Gasteiger partial charge in [-0.1, -0.05) is 19.6 Å². The molecule has 1 atom stereocenters. The number of alkyl carbamates (subject to hydrolysis) is 1.